The molecule has 3 N–H and O–H groups in total. The molecule has 0 aliphatic rings. The quantitative estimate of drug-likeness (QED) is 0.802. The minimum Gasteiger partial charge on any atom is -0.504 e. The first-order valence-corrected chi connectivity index (χ1v) is 5.09. The topological polar surface area (TPSA) is 55.5 Å². The Bertz CT molecular complexity index is 353. The maximum Gasteiger partial charge on any atom is 0.162 e. The fraction of sp³-hybridized carbons (Fsp3) is 0.500. The van der Waals surface area contributed by atoms with Crippen LogP contribution in [0.2, 0.25) is 0 Å². The number of phenols is 1. The van der Waals surface area contributed by atoms with Crippen LogP contribution in [0.15, 0.2) is 12.1 Å². The minimum absolute atomic E-state index is 0.141. The Morgan fingerprint density at radius 1 is 1.40 bits per heavy atom. The van der Waals surface area contributed by atoms with Crippen LogP contribution in [0.25, 0.3) is 0 Å². The van der Waals surface area contributed by atoms with Crippen molar-refractivity contribution in [1.29, 1.82) is 0 Å². The van der Waals surface area contributed by atoms with Gasteiger partial charge in [0.2, 0.25) is 0 Å². The number of benzene rings is 1. The zero-order chi connectivity index (χ0) is 11.6. The van der Waals surface area contributed by atoms with E-state index in [1.165, 1.54) is 0 Å². The highest BCUT2D eigenvalue weighted by Gasteiger charge is 2.21. The number of phenolic OH excluding ortho intramolecular Hbond substituents is 1. The summed E-state index contributed by atoms with van der Waals surface area (Å²) in [5.74, 6) is 0.630. The Balaban J connectivity index is 3.37. The SMILES string of the molecule is CCc1cc(OC)c(O)c(C(C)(C)N)c1. The number of ether oxygens (including phenoxy) is 1. The van der Waals surface area contributed by atoms with Crippen LogP contribution in [0, 0.1) is 0 Å². The van der Waals surface area contributed by atoms with E-state index in [2.05, 4.69) is 6.92 Å². The molecule has 0 heterocycles. The lowest BCUT2D eigenvalue weighted by molar-refractivity contribution is 0.362. The molecular weight excluding hydrogens is 190 g/mol. The fourth-order valence-corrected chi connectivity index (χ4v) is 1.52. The van der Waals surface area contributed by atoms with Gasteiger partial charge in [0.15, 0.2) is 11.5 Å². The van der Waals surface area contributed by atoms with Crippen molar-refractivity contribution < 1.29 is 9.84 Å². The number of aryl methyl sites for hydroxylation is 1. The van der Waals surface area contributed by atoms with Crippen LogP contribution in [0.3, 0.4) is 0 Å². The highest BCUT2D eigenvalue weighted by Crippen LogP contribution is 2.36. The standard InChI is InChI=1S/C12H19NO2/c1-5-8-6-9(12(2,3)13)11(14)10(7-8)15-4/h6-7,14H,5,13H2,1-4H3. The van der Waals surface area contributed by atoms with Crippen molar-refractivity contribution in [2.75, 3.05) is 7.11 Å². The summed E-state index contributed by atoms with van der Waals surface area (Å²) in [6, 6.07) is 3.77. The first-order chi connectivity index (χ1) is 6.90. The zero-order valence-corrected chi connectivity index (χ0v) is 9.79. The molecule has 0 saturated carbocycles. The summed E-state index contributed by atoms with van der Waals surface area (Å²) in [4.78, 5) is 0. The molecule has 0 fully saturated rings. The molecule has 0 aliphatic carbocycles. The van der Waals surface area contributed by atoms with Crippen LogP contribution in [-0.2, 0) is 12.0 Å². The average Bonchev–Trinajstić information content (AvgIpc) is 2.16. The first kappa shape index (κ1) is 11.9. The molecule has 0 spiro atoms. The van der Waals surface area contributed by atoms with E-state index < -0.39 is 5.54 Å². The summed E-state index contributed by atoms with van der Waals surface area (Å²) in [5.41, 5.74) is 7.25. The summed E-state index contributed by atoms with van der Waals surface area (Å²) >= 11 is 0. The second kappa shape index (κ2) is 4.11. The van der Waals surface area contributed by atoms with E-state index in [1.54, 1.807) is 7.11 Å². The van der Waals surface area contributed by atoms with Gasteiger partial charge in [-0.15, -0.1) is 0 Å². The lowest BCUT2D eigenvalue weighted by Crippen LogP contribution is -2.29. The van der Waals surface area contributed by atoms with Crippen LogP contribution in [-0.4, -0.2) is 12.2 Å². The van der Waals surface area contributed by atoms with E-state index in [9.17, 15) is 5.11 Å². The molecule has 0 saturated heterocycles. The molecule has 84 valence electrons. The second-order valence-electron chi connectivity index (χ2n) is 4.27. The molecule has 3 heteroatoms. The first-order valence-electron chi connectivity index (χ1n) is 5.09. The minimum atomic E-state index is -0.567. The van der Waals surface area contributed by atoms with Crippen LogP contribution in [0.1, 0.15) is 31.9 Å². The lowest BCUT2D eigenvalue weighted by Gasteiger charge is -2.22. The Morgan fingerprint density at radius 2 is 2.00 bits per heavy atom. The summed E-state index contributed by atoms with van der Waals surface area (Å²) in [6.07, 6.45) is 0.889. The molecule has 0 aliphatic heterocycles. The van der Waals surface area contributed by atoms with Crippen molar-refractivity contribution in [3.63, 3.8) is 0 Å². The van der Waals surface area contributed by atoms with Gasteiger partial charge in [0, 0.05) is 11.1 Å². The van der Waals surface area contributed by atoms with E-state index in [0.29, 0.717) is 5.75 Å². The van der Waals surface area contributed by atoms with E-state index in [1.807, 2.05) is 26.0 Å². The Kier molecular flexibility index (Phi) is 3.25. The molecule has 1 aromatic rings. The highest BCUT2D eigenvalue weighted by molar-refractivity contribution is 5.51. The molecule has 0 amide bonds. The van der Waals surface area contributed by atoms with Crippen molar-refractivity contribution in [3.8, 4) is 11.5 Å². The fourth-order valence-electron chi connectivity index (χ4n) is 1.52. The van der Waals surface area contributed by atoms with E-state index >= 15 is 0 Å². The Morgan fingerprint density at radius 3 is 2.40 bits per heavy atom. The number of rotatable bonds is 3. The molecule has 0 atom stereocenters. The van der Waals surface area contributed by atoms with E-state index in [-0.39, 0.29) is 5.75 Å². The molecular formula is C12H19NO2. The van der Waals surface area contributed by atoms with Crippen LogP contribution in [0.4, 0.5) is 0 Å². The number of nitrogens with two attached hydrogens (primary N) is 1. The number of hydrogen-bond acceptors (Lipinski definition) is 3. The van der Waals surface area contributed by atoms with E-state index in [4.69, 9.17) is 10.5 Å². The van der Waals surface area contributed by atoms with Gasteiger partial charge in [-0.2, -0.15) is 0 Å². The molecule has 1 rings (SSSR count). The second-order valence-corrected chi connectivity index (χ2v) is 4.27. The number of methoxy groups -OCH3 is 1. The van der Waals surface area contributed by atoms with Gasteiger partial charge < -0.3 is 15.6 Å². The van der Waals surface area contributed by atoms with Crippen molar-refractivity contribution in [1.82, 2.24) is 0 Å². The highest BCUT2D eigenvalue weighted by atomic mass is 16.5. The number of aromatic hydroxyl groups is 1. The van der Waals surface area contributed by atoms with Gasteiger partial charge in [-0.3, -0.25) is 0 Å². The van der Waals surface area contributed by atoms with Gasteiger partial charge in [0.1, 0.15) is 0 Å². The lowest BCUT2D eigenvalue weighted by atomic mass is 9.92. The van der Waals surface area contributed by atoms with Gasteiger partial charge in [0.05, 0.1) is 7.11 Å². The summed E-state index contributed by atoms with van der Waals surface area (Å²) in [7, 11) is 1.54. The summed E-state index contributed by atoms with van der Waals surface area (Å²) in [5, 5.41) is 9.94. The number of hydrogen-bond donors (Lipinski definition) is 2. The smallest absolute Gasteiger partial charge is 0.162 e. The third-order valence-corrected chi connectivity index (χ3v) is 2.46. The van der Waals surface area contributed by atoms with Gasteiger partial charge in [-0.05, 0) is 31.9 Å². The monoisotopic (exact) mass is 209 g/mol. The van der Waals surface area contributed by atoms with Gasteiger partial charge in [-0.25, -0.2) is 0 Å². The molecule has 1 aromatic carbocycles. The Hall–Kier alpha value is -1.22. The predicted molar refractivity (Wildman–Crippen MR) is 61.3 cm³/mol. The van der Waals surface area contributed by atoms with E-state index in [0.717, 1.165) is 17.5 Å². The van der Waals surface area contributed by atoms with Crippen molar-refractivity contribution >= 4 is 0 Å². The third-order valence-electron chi connectivity index (χ3n) is 2.46. The third kappa shape index (κ3) is 2.42. The van der Waals surface area contributed by atoms with Crippen molar-refractivity contribution in [2.45, 2.75) is 32.7 Å². The predicted octanol–water partition coefficient (Wildman–Crippen LogP) is 2.16. The van der Waals surface area contributed by atoms with Crippen LogP contribution < -0.4 is 10.5 Å². The molecule has 15 heavy (non-hydrogen) atoms. The van der Waals surface area contributed by atoms with Crippen molar-refractivity contribution in [3.05, 3.63) is 23.3 Å². The maximum atomic E-state index is 9.94. The van der Waals surface area contributed by atoms with Gasteiger partial charge in [-0.1, -0.05) is 13.0 Å². The van der Waals surface area contributed by atoms with Gasteiger partial charge in [0.25, 0.3) is 0 Å². The normalized spacial score (nSPS) is 11.5. The molecule has 0 bridgehead atoms. The summed E-state index contributed by atoms with van der Waals surface area (Å²) < 4.78 is 5.12. The molecule has 0 unspecified atom stereocenters. The average molecular weight is 209 g/mol. The molecule has 0 radical (unpaired) electrons. The van der Waals surface area contributed by atoms with Crippen molar-refractivity contribution in [2.24, 2.45) is 5.73 Å². The largest absolute Gasteiger partial charge is 0.504 e. The Labute approximate surface area is 90.9 Å². The van der Waals surface area contributed by atoms with Gasteiger partial charge >= 0.3 is 0 Å². The molecule has 3 nitrogen and oxygen atoms in total. The van der Waals surface area contributed by atoms with Crippen LogP contribution >= 0.6 is 0 Å². The maximum absolute atomic E-state index is 9.94. The zero-order valence-electron chi connectivity index (χ0n) is 9.79. The molecule has 0 aromatic heterocycles. The van der Waals surface area contributed by atoms with Crippen LogP contribution in [0.5, 0.6) is 11.5 Å². The summed E-state index contributed by atoms with van der Waals surface area (Å²) in [6.45, 7) is 5.78.